The Morgan fingerprint density at radius 2 is 1.78 bits per heavy atom. The molecule has 1 aromatic heterocycles. The number of carboxylic acid groups (broad SMARTS) is 1. The smallest absolute Gasteiger partial charge is 0.308 e. The van der Waals surface area contributed by atoms with Crippen molar-refractivity contribution in [2.24, 2.45) is 18.7 Å². The number of piperidine rings is 1. The van der Waals surface area contributed by atoms with E-state index in [2.05, 4.69) is 0 Å². The lowest BCUT2D eigenvalue weighted by atomic mass is 9.97. The summed E-state index contributed by atoms with van der Waals surface area (Å²) < 4.78 is 1.95. The van der Waals surface area contributed by atoms with Crippen LogP contribution < -0.4 is 5.73 Å². The van der Waals surface area contributed by atoms with Crippen molar-refractivity contribution in [3.8, 4) is 11.4 Å². The van der Waals surface area contributed by atoms with Crippen molar-refractivity contribution in [3.05, 3.63) is 53.6 Å². The number of carboxylic acids is 1. The number of rotatable bonds is 4. The van der Waals surface area contributed by atoms with Gasteiger partial charge in [-0.15, -0.1) is 34.0 Å². The van der Waals surface area contributed by atoms with E-state index in [0.29, 0.717) is 36.0 Å². The molecule has 4 N–H and O–H groups in total. The average Bonchev–Trinajstić information content (AvgIpc) is 3.09. The number of imidazole rings is 1. The molecule has 32 heavy (non-hydrogen) atoms. The molecule has 1 saturated heterocycles. The number of carbonyl (C=O) groups excluding carboxylic acids is 1. The van der Waals surface area contributed by atoms with Gasteiger partial charge in [-0.3, -0.25) is 15.0 Å². The third kappa shape index (κ3) is 4.86. The Kier molecular flexibility index (Phi) is 8.19. The normalized spacial score (nSPS) is 15.5. The average molecular weight is 567 g/mol. The number of nitrogen functional groups attached to an aromatic ring is 1. The molecule has 0 saturated carbocycles. The molecular formula is C22H25Br2N5O3. The molecule has 0 spiro atoms. The van der Waals surface area contributed by atoms with Gasteiger partial charge in [0.05, 0.1) is 17.0 Å². The number of hydrogen-bond acceptors (Lipinski definition) is 4. The van der Waals surface area contributed by atoms with Gasteiger partial charge >= 0.3 is 5.97 Å². The molecule has 1 amide bonds. The van der Waals surface area contributed by atoms with Crippen LogP contribution in [0.4, 0.5) is 0 Å². The highest BCUT2D eigenvalue weighted by Crippen LogP contribution is 2.26. The lowest BCUT2D eigenvalue weighted by molar-refractivity contribution is -0.143. The molecule has 2 heterocycles. The molecule has 170 valence electrons. The number of carbonyl (C=O) groups is 2. The van der Waals surface area contributed by atoms with Gasteiger partial charge in [0.1, 0.15) is 11.7 Å². The van der Waals surface area contributed by atoms with Crippen molar-refractivity contribution >= 4 is 62.7 Å². The first-order valence-corrected chi connectivity index (χ1v) is 9.78. The number of nitrogens with two attached hydrogens (primary N) is 1. The van der Waals surface area contributed by atoms with Gasteiger partial charge in [-0.2, -0.15) is 0 Å². The van der Waals surface area contributed by atoms with Gasteiger partial charge in [-0.25, -0.2) is 4.98 Å². The second-order valence-electron chi connectivity index (χ2n) is 7.62. The van der Waals surface area contributed by atoms with E-state index in [1.165, 1.54) is 0 Å². The second-order valence-corrected chi connectivity index (χ2v) is 7.62. The highest BCUT2D eigenvalue weighted by Gasteiger charge is 2.29. The van der Waals surface area contributed by atoms with Gasteiger partial charge in [0, 0.05) is 36.8 Å². The van der Waals surface area contributed by atoms with Gasteiger partial charge in [-0.05, 0) is 31.0 Å². The predicted octanol–water partition coefficient (Wildman–Crippen LogP) is 3.62. The van der Waals surface area contributed by atoms with Crippen LogP contribution in [0.25, 0.3) is 22.4 Å². The highest BCUT2D eigenvalue weighted by molar-refractivity contribution is 8.93. The zero-order valence-corrected chi connectivity index (χ0v) is 20.9. The van der Waals surface area contributed by atoms with Crippen LogP contribution in [0.3, 0.4) is 0 Å². The van der Waals surface area contributed by atoms with E-state index in [1.807, 2.05) is 29.8 Å². The third-order valence-corrected chi connectivity index (χ3v) is 5.64. The maximum Gasteiger partial charge on any atom is 0.308 e. The van der Waals surface area contributed by atoms with Gasteiger partial charge < -0.3 is 20.3 Å². The Bertz CT molecular complexity index is 1160. The Morgan fingerprint density at radius 3 is 2.41 bits per heavy atom. The summed E-state index contributed by atoms with van der Waals surface area (Å²) in [7, 11) is 1.91. The Labute approximate surface area is 206 Å². The fourth-order valence-corrected chi connectivity index (χ4v) is 3.94. The van der Waals surface area contributed by atoms with Gasteiger partial charge in [0.2, 0.25) is 0 Å². The number of halogens is 2. The minimum atomic E-state index is -0.854. The van der Waals surface area contributed by atoms with Crippen molar-refractivity contribution in [2.45, 2.75) is 12.8 Å². The van der Waals surface area contributed by atoms with E-state index in [-0.39, 0.29) is 52.3 Å². The summed E-state index contributed by atoms with van der Waals surface area (Å²) in [5, 5.41) is 16.8. The molecule has 0 aliphatic carbocycles. The van der Waals surface area contributed by atoms with Crippen LogP contribution >= 0.6 is 34.0 Å². The zero-order chi connectivity index (χ0) is 21.4. The molecule has 10 heteroatoms. The van der Waals surface area contributed by atoms with Crippen LogP contribution in [0.5, 0.6) is 0 Å². The number of aromatic nitrogens is 2. The van der Waals surface area contributed by atoms with Crippen LogP contribution in [0, 0.1) is 11.3 Å². The molecule has 1 fully saturated rings. The van der Waals surface area contributed by atoms with Crippen molar-refractivity contribution < 1.29 is 14.7 Å². The molecule has 8 nitrogen and oxygen atoms in total. The summed E-state index contributed by atoms with van der Waals surface area (Å²) in [6.45, 7) is 0.804. The number of likely N-dealkylation sites (tertiary alicyclic amines) is 1. The van der Waals surface area contributed by atoms with Crippen LogP contribution in [0.1, 0.15) is 28.8 Å². The molecule has 0 radical (unpaired) electrons. The number of aliphatic carboxylic acids is 1. The van der Waals surface area contributed by atoms with Crippen molar-refractivity contribution in [1.29, 1.82) is 5.41 Å². The summed E-state index contributed by atoms with van der Waals surface area (Å²) >= 11 is 0. The number of aryl methyl sites for hydroxylation is 1. The van der Waals surface area contributed by atoms with E-state index in [0.717, 1.165) is 16.9 Å². The topological polar surface area (TPSA) is 125 Å². The van der Waals surface area contributed by atoms with E-state index in [4.69, 9.17) is 16.1 Å². The second kappa shape index (κ2) is 10.3. The van der Waals surface area contributed by atoms with Crippen LogP contribution in [0.2, 0.25) is 0 Å². The molecule has 1 aliphatic heterocycles. The molecule has 0 bridgehead atoms. The lowest BCUT2D eigenvalue weighted by Gasteiger charge is -2.30. The standard InChI is InChI=1S/C22H23N5O3.2BrH/c1-26-18-9-8-15(21(28)27-10-2-3-16(12-27)22(29)30)11-17(18)25-20(26)14-6-4-13(5-7-14)19(23)24;;/h4-9,11,16H,2-3,10,12H2,1H3,(H3,23,24)(H,29,30);2*1H. The Hall–Kier alpha value is -2.72. The summed E-state index contributed by atoms with van der Waals surface area (Å²) in [4.78, 5) is 30.6. The molecule has 1 unspecified atom stereocenters. The molecule has 1 aliphatic rings. The number of benzene rings is 2. The maximum absolute atomic E-state index is 12.9. The van der Waals surface area contributed by atoms with Crippen molar-refractivity contribution in [3.63, 3.8) is 0 Å². The zero-order valence-electron chi connectivity index (χ0n) is 17.4. The number of nitrogens with one attached hydrogen (secondary N) is 1. The number of amides is 1. The molecular weight excluding hydrogens is 542 g/mol. The monoisotopic (exact) mass is 565 g/mol. The largest absolute Gasteiger partial charge is 0.481 e. The third-order valence-electron chi connectivity index (χ3n) is 5.64. The van der Waals surface area contributed by atoms with Gasteiger partial charge in [0.25, 0.3) is 5.91 Å². The summed E-state index contributed by atoms with van der Waals surface area (Å²) in [5.74, 6) is -0.772. The number of hydrogen-bond donors (Lipinski definition) is 3. The molecule has 2 aromatic carbocycles. The summed E-state index contributed by atoms with van der Waals surface area (Å²) in [6, 6.07) is 12.7. The first kappa shape index (κ1) is 25.5. The summed E-state index contributed by atoms with van der Waals surface area (Å²) in [6.07, 6.45) is 1.29. The van der Waals surface area contributed by atoms with Gasteiger partial charge in [-0.1, -0.05) is 24.3 Å². The number of nitrogens with zero attached hydrogens (tertiary/aromatic N) is 3. The maximum atomic E-state index is 12.9. The number of amidine groups is 1. The number of fused-ring (bicyclic) bond motifs is 1. The Morgan fingerprint density at radius 1 is 1.12 bits per heavy atom. The van der Waals surface area contributed by atoms with Crippen LogP contribution in [-0.2, 0) is 11.8 Å². The van der Waals surface area contributed by atoms with E-state index in [1.54, 1.807) is 29.2 Å². The van der Waals surface area contributed by atoms with E-state index >= 15 is 0 Å². The predicted molar refractivity (Wildman–Crippen MR) is 134 cm³/mol. The van der Waals surface area contributed by atoms with Crippen LogP contribution in [-0.4, -0.2) is 50.4 Å². The van der Waals surface area contributed by atoms with Crippen LogP contribution in [0.15, 0.2) is 42.5 Å². The van der Waals surface area contributed by atoms with Gasteiger partial charge in [0.15, 0.2) is 0 Å². The van der Waals surface area contributed by atoms with Crippen molar-refractivity contribution in [1.82, 2.24) is 14.5 Å². The quantitative estimate of drug-likeness (QED) is 0.328. The minimum Gasteiger partial charge on any atom is -0.481 e. The minimum absolute atomic E-state index is 0. The van der Waals surface area contributed by atoms with E-state index in [9.17, 15) is 14.7 Å². The summed E-state index contributed by atoms with van der Waals surface area (Å²) in [5.41, 5.74) is 9.13. The SMILES string of the molecule is Br.Br.Cn1c(-c2ccc(C(=N)N)cc2)nc2cc(C(=O)N3CCCC(C(=O)O)C3)ccc21. The first-order valence-electron chi connectivity index (χ1n) is 9.78. The molecule has 4 rings (SSSR count). The fourth-order valence-electron chi connectivity index (χ4n) is 3.94. The lowest BCUT2D eigenvalue weighted by Crippen LogP contribution is -2.42. The van der Waals surface area contributed by atoms with E-state index < -0.39 is 11.9 Å². The highest BCUT2D eigenvalue weighted by atomic mass is 79.9. The molecule has 3 aromatic rings. The fraction of sp³-hybridized carbons (Fsp3) is 0.273. The first-order chi connectivity index (χ1) is 14.3. The Balaban J connectivity index is 0.00000181. The molecule has 1 atom stereocenters. The van der Waals surface area contributed by atoms with Crippen molar-refractivity contribution in [2.75, 3.05) is 13.1 Å².